The minimum atomic E-state index is 0.844. The first-order chi connectivity index (χ1) is 7.34. The van der Waals surface area contributed by atoms with Gasteiger partial charge in [-0.25, -0.2) is 0 Å². The highest BCUT2D eigenvalue weighted by Crippen LogP contribution is 2.30. The summed E-state index contributed by atoms with van der Waals surface area (Å²) in [7, 11) is 0. The summed E-state index contributed by atoms with van der Waals surface area (Å²) in [6.07, 6.45) is 18.7. The first-order valence-electron chi connectivity index (χ1n) is 6.69. The fraction of sp³-hybridized carbons (Fsp3) is 0.733. The molecule has 0 amide bonds. The van der Waals surface area contributed by atoms with Gasteiger partial charge in [0.05, 0.1) is 0 Å². The van der Waals surface area contributed by atoms with Crippen LogP contribution in [-0.2, 0) is 0 Å². The van der Waals surface area contributed by atoms with Crippen molar-refractivity contribution in [1.82, 2.24) is 0 Å². The molecular weight excluding hydrogens is 180 g/mol. The molecule has 0 aliphatic heterocycles. The van der Waals surface area contributed by atoms with Gasteiger partial charge in [0.2, 0.25) is 0 Å². The van der Waals surface area contributed by atoms with Gasteiger partial charge in [-0.1, -0.05) is 55.9 Å². The van der Waals surface area contributed by atoms with Crippen LogP contribution < -0.4 is 0 Å². The molecule has 0 saturated heterocycles. The van der Waals surface area contributed by atoms with Crippen molar-refractivity contribution in [2.75, 3.05) is 0 Å². The predicted molar refractivity (Wildman–Crippen MR) is 66.8 cm³/mol. The van der Waals surface area contributed by atoms with Gasteiger partial charge in [0.1, 0.15) is 0 Å². The van der Waals surface area contributed by atoms with E-state index < -0.39 is 0 Å². The maximum atomic E-state index is 2.48. The molecule has 1 unspecified atom stereocenters. The lowest BCUT2D eigenvalue weighted by Crippen LogP contribution is -2.09. The molecule has 0 nitrogen and oxygen atoms in total. The molecular formula is C15H24. The average molecular weight is 204 g/mol. The lowest BCUT2D eigenvalue weighted by atomic mass is 9.82. The molecule has 2 aliphatic carbocycles. The lowest BCUT2D eigenvalue weighted by Gasteiger charge is -2.23. The van der Waals surface area contributed by atoms with Crippen LogP contribution in [0.4, 0.5) is 0 Å². The zero-order valence-electron chi connectivity index (χ0n) is 10.0. The first-order valence-corrected chi connectivity index (χ1v) is 6.69. The SMILES string of the molecule is CC1=CC(CCC2CCCCC2)CC=C1. The van der Waals surface area contributed by atoms with E-state index in [2.05, 4.69) is 25.2 Å². The van der Waals surface area contributed by atoms with E-state index in [1.807, 2.05) is 0 Å². The van der Waals surface area contributed by atoms with Gasteiger partial charge in [0.25, 0.3) is 0 Å². The zero-order valence-corrected chi connectivity index (χ0v) is 10.0. The molecule has 0 bridgehead atoms. The van der Waals surface area contributed by atoms with Crippen LogP contribution in [0.15, 0.2) is 23.8 Å². The van der Waals surface area contributed by atoms with Crippen molar-refractivity contribution < 1.29 is 0 Å². The number of hydrogen-bond donors (Lipinski definition) is 0. The Kier molecular flexibility index (Phi) is 4.05. The molecule has 0 radical (unpaired) electrons. The molecule has 2 rings (SSSR count). The Balaban J connectivity index is 1.71. The molecule has 0 spiro atoms. The summed E-state index contributed by atoms with van der Waals surface area (Å²) < 4.78 is 0. The van der Waals surface area contributed by atoms with Gasteiger partial charge in [-0.05, 0) is 38.0 Å². The van der Waals surface area contributed by atoms with Crippen LogP contribution in [0.1, 0.15) is 58.3 Å². The lowest BCUT2D eigenvalue weighted by molar-refractivity contribution is 0.319. The summed E-state index contributed by atoms with van der Waals surface area (Å²) in [4.78, 5) is 0. The molecule has 2 aliphatic rings. The first kappa shape index (κ1) is 11.0. The predicted octanol–water partition coefficient (Wildman–Crippen LogP) is 4.87. The largest absolute Gasteiger partial charge is 0.0837 e. The van der Waals surface area contributed by atoms with Crippen LogP contribution in [0.2, 0.25) is 0 Å². The fourth-order valence-corrected chi connectivity index (χ4v) is 3.05. The molecule has 15 heavy (non-hydrogen) atoms. The van der Waals surface area contributed by atoms with Crippen molar-refractivity contribution in [2.45, 2.75) is 58.3 Å². The quantitative estimate of drug-likeness (QED) is 0.615. The Labute approximate surface area is 94.5 Å². The van der Waals surface area contributed by atoms with Gasteiger partial charge in [0, 0.05) is 0 Å². The van der Waals surface area contributed by atoms with E-state index in [4.69, 9.17) is 0 Å². The Morgan fingerprint density at radius 3 is 2.67 bits per heavy atom. The van der Waals surface area contributed by atoms with Crippen molar-refractivity contribution in [2.24, 2.45) is 11.8 Å². The van der Waals surface area contributed by atoms with Crippen LogP contribution in [0.5, 0.6) is 0 Å². The van der Waals surface area contributed by atoms with Gasteiger partial charge >= 0.3 is 0 Å². The molecule has 0 aromatic rings. The van der Waals surface area contributed by atoms with Crippen molar-refractivity contribution in [3.63, 3.8) is 0 Å². The van der Waals surface area contributed by atoms with Crippen LogP contribution in [0, 0.1) is 11.8 Å². The topological polar surface area (TPSA) is 0 Å². The maximum Gasteiger partial charge on any atom is -0.0193 e. The zero-order chi connectivity index (χ0) is 10.5. The second-order valence-corrected chi connectivity index (χ2v) is 5.39. The molecule has 1 atom stereocenters. The number of allylic oxidation sites excluding steroid dienone is 4. The molecule has 0 aromatic carbocycles. The number of hydrogen-bond acceptors (Lipinski definition) is 0. The minimum absolute atomic E-state index is 0.844. The average Bonchev–Trinajstić information content (AvgIpc) is 2.28. The molecule has 0 aromatic heterocycles. The summed E-state index contributed by atoms with van der Waals surface area (Å²) in [5.41, 5.74) is 1.47. The summed E-state index contributed by atoms with van der Waals surface area (Å²) in [5, 5.41) is 0. The van der Waals surface area contributed by atoms with E-state index >= 15 is 0 Å². The Morgan fingerprint density at radius 2 is 1.93 bits per heavy atom. The number of rotatable bonds is 3. The fourth-order valence-electron chi connectivity index (χ4n) is 3.05. The molecule has 0 heteroatoms. The van der Waals surface area contributed by atoms with E-state index in [0.717, 1.165) is 11.8 Å². The molecule has 0 N–H and O–H groups in total. The maximum absolute atomic E-state index is 2.48. The highest BCUT2D eigenvalue weighted by molar-refractivity contribution is 5.21. The van der Waals surface area contributed by atoms with Crippen molar-refractivity contribution >= 4 is 0 Å². The van der Waals surface area contributed by atoms with Crippen molar-refractivity contribution in [3.8, 4) is 0 Å². The van der Waals surface area contributed by atoms with Gasteiger partial charge in [0.15, 0.2) is 0 Å². The second-order valence-electron chi connectivity index (χ2n) is 5.39. The Morgan fingerprint density at radius 1 is 1.13 bits per heavy atom. The van der Waals surface area contributed by atoms with Crippen LogP contribution in [-0.4, -0.2) is 0 Å². The summed E-state index contributed by atoms with van der Waals surface area (Å²) in [6.45, 7) is 2.23. The van der Waals surface area contributed by atoms with Gasteiger partial charge in [-0.3, -0.25) is 0 Å². The standard InChI is InChI=1S/C15H24/c1-13-6-5-9-15(12-13)11-10-14-7-3-2-4-8-14/h5-6,12,14-15H,2-4,7-11H2,1H3. The van der Waals surface area contributed by atoms with Crippen LogP contribution in [0.3, 0.4) is 0 Å². The third-order valence-electron chi connectivity index (χ3n) is 3.99. The highest BCUT2D eigenvalue weighted by Gasteiger charge is 2.15. The second kappa shape index (κ2) is 5.53. The smallest absolute Gasteiger partial charge is 0.0193 e. The van der Waals surface area contributed by atoms with E-state index in [-0.39, 0.29) is 0 Å². The summed E-state index contributed by atoms with van der Waals surface area (Å²) in [5.74, 6) is 1.90. The normalized spacial score (nSPS) is 27.8. The molecule has 0 heterocycles. The van der Waals surface area contributed by atoms with E-state index in [1.54, 1.807) is 0 Å². The third kappa shape index (κ3) is 3.52. The van der Waals surface area contributed by atoms with Gasteiger partial charge < -0.3 is 0 Å². The Hall–Kier alpha value is -0.520. The molecule has 1 saturated carbocycles. The minimum Gasteiger partial charge on any atom is -0.0837 e. The van der Waals surface area contributed by atoms with E-state index in [9.17, 15) is 0 Å². The van der Waals surface area contributed by atoms with Crippen LogP contribution in [0.25, 0.3) is 0 Å². The molecule has 1 fully saturated rings. The molecule has 84 valence electrons. The van der Waals surface area contributed by atoms with Crippen molar-refractivity contribution in [3.05, 3.63) is 23.8 Å². The van der Waals surface area contributed by atoms with Gasteiger partial charge in [-0.15, -0.1) is 0 Å². The third-order valence-corrected chi connectivity index (χ3v) is 3.99. The Bertz CT molecular complexity index is 241. The summed E-state index contributed by atoms with van der Waals surface area (Å²) >= 11 is 0. The highest BCUT2D eigenvalue weighted by atomic mass is 14.2. The van der Waals surface area contributed by atoms with E-state index in [0.29, 0.717) is 0 Å². The monoisotopic (exact) mass is 204 g/mol. The van der Waals surface area contributed by atoms with Crippen LogP contribution >= 0.6 is 0 Å². The van der Waals surface area contributed by atoms with Gasteiger partial charge in [-0.2, -0.15) is 0 Å². The summed E-state index contributed by atoms with van der Waals surface area (Å²) in [6, 6.07) is 0. The van der Waals surface area contributed by atoms with E-state index in [1.165, 1.54) is 56.9 Å². The van der Waals surface area contributed by atoms with Crippen molar-refractivity contribution in [1.29, 1.82) is 0 Å².